The molecule has 2 rings (SSSR count). The van der Waals surface area contributed by atoms with Crippen molar-refractivity contribution in [3.8, 4) is 5.75 Å². The molecular formula is C13H18ClNO. The van der Waals surface area contributed by atoms with Gasteiger partial charge in [0.05, 0.1) is 11.1 Å². The van der Waals surface area contributed by atoms with E-state index >= 15 is 0 Å². The van der Waals surface area contributed by atoms with E-state index in [1.807, 2.05) is 25.1 Å². The molecule has 1 aromatic carbocycles. The molecular weight excluding hydrogens is 222 g/mol. The van der Waals surface area contributed by atoms with Crippen molar-refractivity contribution in [2.75, 3.05) is 0 Å². The number of halogens is 1. The van der Waals surface area contributed by atoms with Gasteiger partial charge >= 0.3 is 0 Å². The molecule has 2 nitrogen and oxygen atoms in total. The average Bonchev–Trinajstić information content (AvgIpc) is 2.27. The summed E-state index contributed by atoms with van der Waals surface area (Å²) in [6, 6.07) is 6.23. The smallest absolute Gasteiger partial charge is 0.138 e. The largest absolute Gasteiger partial charge is 0.489 e. The molecule has 0 aromatic heterocycles. The van der Waals surface area contributed by atoms with Crippen molar-refractivity contribution in [1.82, 2.24) is 0 Å². The Kier molecular flexibility index (Phi) is 3.72. The maximum atomic E-state index is 6.09. The average molecular weight is 240 g/mol. The SMILES string of the molecule is Cc1ccc(Cl)c(OC2CCC(N)CC2)c1. The van der Waals surface area contributed by atoms with Gasteiger partial charge in [0, 0.05) is 6.04 Å². The molecule has 16 heavy (non-hydrogen) atoms. The summed E-state index contributed by atoms with van der Waals surface area (Å²) in [5, 5.41) is 0.695. The van der Waals surface area contributed by atoms with Gasteiger partial charge in [0.25, 0.3) is 0 Å². The van der Waals surface area contributed by atoms with Crippen molar-refractivity contribution in [1.29, 1.82) is 0 Å². The second-order valence-electron chi connectivity index (χ2n) is 4.59. The van der Waals surface area contributed by atoms with E-state index in [1.54, 1.807) is 0 Å². The van der Waals surface area contributed by atoms with Crippen LogP contribution in [0.5, 0.6) is 5.75 Å². The highest BCUT2D eigenvalue weighted by Gasteiger charge is 2.20. The van der Waals surface area contributed by atoms with Gasteiger partial charge in [0.15, 0.2) is 0 Å². The van der Waals surface area contributed by atoms with E-state index in [-0.39, 0.29) is 6.10 Å². The molecule has 1 aromatic rings. The van der Waals surface area contributed by atoms with Gasteiger partial charge in [0.1, 0.15) is 5.75 Å². The van der Waals surface area contributed by atoms with Crippen LogP contribution in [0.3, 0.4) is 0 Å². The van der Waals surface area contributed by atoms with Crippen molar-refractivity contribution < 1.29 is 4.74 Å². The highest BCUT2D eigenvalue weighted by Crippen LogP contribution is 2.29. The predicted octanol–water partition coefficient (Wildman–Crippen LogP) is 3.30. The Bertz CT molecular complexity index is 359. The molecule has 0 bridgehead atoms. The number of nitrogens with two attached hydrogens (primary N) is 1. The monoisotopic (exact) mass is 239 g/mol. The summed E-state index contributed by atoms with van der Waals surface area (Å²) in [6.45, 7) is 2.04. The minimum Gasteiger partial charge on any atom is -0.489 e. The van der Waals surface area contributed by atoms with E-state index in [1.165, 1.54) is 5.56 Å². The van der Waals surface area contributed by atoms with Crippen LogP contribution in [-0.4, -0.2) is 12.1 Å². The van der Waals surface area contributed by atoms with E-state index in [0.717, 1.165) is 31.4 Å². The summed E-state index contributed by atoms with van der Waals surface area (Å²) in [6.07, 6.45) is 4.44. The third-order valence-corrected chi connectivity index (χ3v) is 3.41. The molecule has 1 fully saturated rings. The standard InChI is InChI=1S/C13H18ClNO/c1-9-2-7-12(14)13(8-9)16-11-5-3-10(15)4-6-11/h2,7-8,10-11H,3-6,15H2,1H3. The van der Waals surface area contributed by atoms with Crippen LogP contribution in [0.25, 0.3) is 0 Å². The first kappa shape index (κ1) is 11.7. The second-order valence-corrected chi connectivity index (χ2v) is 5.00. The lowest BCUT2D eigenvalue weighted by molar-refractivity contribution is 0.147. The number of ether oxygens (including phenoxy) is 1. The Morgan fingerprint density at radius 2 is 1.94 bits per heavy atom. The molecule has 3 heteroatoms. The number of hydrogen-bond donors (Lipinski definition) is 1. The van der Waals surface area contributed by atoms with Crippen LogP contribution in [0.1, 0.15) is 31.2 Å². The second kappa shape index (κ2) is 5.07. The van der Waals surface area contributed by atoms with Crippen LogP contribution in [0, 0.1) is 6.92 Å². The van der Waals surface area contributed by atoms with E-state index in [0.29, 0.717) is 11.1 Å². The maximum Gasteiger partial charge on any atom is 0.138 e. The van der Waals surface area contributed by atoms with Crippen LogP contribution in [-0.2, 0) is 0 Å². The molecule has 1 aliphatic carbocycles. The highest BCUT2D eigenvalue weighted by molar-refractivity contribution is 6.32. The van der Waals surface area contributed by atoms with E-state index < -0.39 is 0 Å². The van der Waals surface area contributed by atoms with Gasteiger partial charge in [-0.2, -0.15) is 0 Å². The highest BCUT2D eigenvalue weighted by atomic mass is 35.5. The summed E-state index contributed by atoms with van der Waals surface area (Å²) in [7, 11) is 0. The third-order valence-electron chi connectivity index (χ3n) is 3.10. The molecule has 1 saturated carbocycles. The summed E-state index contributed by atoms with van der Waals surface area (Å²) in [5.74, 6) is 0.808. The molecule has 88 valence electrons. The van der Waals surface area contributed by atoms with Crippen LogP contribution in [0.2, 0.25) is 5.02 Å². The molecule has 0 saturated heterocycles. The summed E-state index contributed by atoms with van der Waals surface area (Å²) >= 11 is 6.09. The zero-order chi connectivity index (χ0) is 11.5. The molecule has 0 aliphatic heterocycles. The van der Waals surface area contributed by atoms with Gasteiger partial charge in [-0.1, -0.05) is 17.7 Å². The molecule has 0 atom stereocenters. The quantitative estimate of drug-likeness (QED) is 0.860. The molecule has 0 unspecified atom stereocenters. The minimum absolute atomic E-state index is 0.277. The lowest BCUT2D eigenvalue weighted by Gasteiger charge is -2.27. The topological polar surface area (TPSA) is 35.2 Å². The van der Waals surface area contributed by atoms with Gasteiger partial charge in [-0.25, -0.2) is 0 Å². The number of rotatable bonds is 2. The lowest BCUT2D eigenvalue weighted by Crippen LogP contribution is -2.31. The molecule has 0 spiro atoms. The Morgan fingerprint density at radius 1 is 1.25 bits per heavy atom. The Labute approximate surface area is 102 Å². The van der Waals surface area contributed by atoms with Crippen LogP contribution in [0.15, 0.2) is 18.2 Å². The first-order valence-corrected chi connectivity index (χ1v) is 6.21. The third kappa shape index (κ3) is 2.89. The fourth-order valence-corrected chi connectivity index (χ4v) is 2.25. The van der Waals surface area contributed by atoms with Gasteiger partial charge in [0.2, 0.25) is 0 Å². The zero-order valence-electron chi connectivity index (χ0n) is 9.58. The Balaban J connectivity index is 2.00. The molecule has 0 radical (unpaired) electrons. The summed E-state index contributed by atoms with van der Waals surface area (Å²) in [4.78, 5) is 0. The van der Waals surface area contributed by atoms with Crippen molar-refractivity contribution in [3.63, 3.8) is 0 Å². The maximum absolute atomic E-state index is 6.09. The number of hydrogen-bond acceptors (Lipinski definition) is 2. The lowest BCUT2D eigenvalue weighted by atomic mass is 9.94. The number of aryl methyl sites for hydroxylation is 1. The van der Waals surface area contributed by atoms with Gasteiger partial charge < -0.3 is 10.5 Å². The Morgan fingerprint density at radius 3 is 2.62 bits per heavy atom. The first-order valence-electron chi connectivity index (χ1n) is 5.83. The summed E-state index contributed by atoms with van der Waals surface area (Å²) in [5.41, 5.74) is 7.04. The molecule has 1 aliphatic rings. The van der Waals surface area contributed by atoms with E-state index in [4.69, 9.17) is 22.1 Å². The van der Waals surface area contributed by atoms with E-state index in [9.17, 15) is 0 Å². The van der Waals surface area contributed by atoms with Crippen molar-refractivity contribution >= 4 is 11.6 Å². The predicted molar refractivity (Wildman–Crippen MR) is 67.0 cm³/mol. The van der Waals surface area contributed by atoms with Crippen LogP contribution in [0.4, 0.5) is 0 Å². The zero-order valence-corrected chi connectivity index (χ0v) is 10.3. The minimum atomic E-state index is 0.277. The van der Waals surface area contributed by atoms with Crippen LogP contribution >= 0.6 is 11.6 Å². The van der Waals surface area contributed by atoms with Gasteiger partial charge in [-0.15, -0.1) is 0 Å². The molecule has 0 heterocycles. The first-order chi connectivity index (χ1) is 7.65. The molecule has 0 amide bonds. The van der Waals surface area contributed by atoms with Crippen LogP contribution < -0.4 is 10.5 Å². The summed E-state index contributed by atoms with van der Waals surface area (Å²) < 4.78 is 5.93. The Hall–Kier alpha value is -0.730. The van der Waals surface area contributed by atoms with Crippen molar-refractivity contribution in [2.45, 2.75) is 44.8 Å². The fourth-order valence-electron chi connectivity index (χ4n) is 2.09. The molecule has 2 N–H and O–H groups in total. The van der Waals surface area contributed by atoms with E-state index in [2.05, 4.69) is 0 Å². The van der Waals surface area contributed by atoms with Crippen molar-refractivity contribution in [2.24, 2.45) is 5.73 Å². The number of benzene rings is 1. The normalized spacial score (nSPS) is 25.4. The van der Waals surface area contributed by atoms with Crippen molar-refractivity contribution in [3.05, 3.63) is 28.8 Å². The van der Waals surface area contributed by atoms with Gasteiger partial charge in [-0.3, -0.25) is 0 Å². The van der Waals surface area contributed by atoms with Gasteiger partial charge in [-0.05, 0) is 50.3 Å². The fraction of sp³-hybridized carbons (Fsp3) is 0.538.